The van der Waals surface area contributed by atoms with Gasteiger partial charge >= 0.3 is 0 Å². The Kier molecular flexibility index (Phi) is 4.35. The monoisotopic (exact) mass is 200 g/mol. The van der Waals surface area contributed by atoms with Crippen LogP contribution < -0.4 is 5.32 Å². The third kappa shape index (κ3) is 3.27. The Balaban J connectivity index is 2.12. The molecule has 1 N–H and O–H groups in total. The second-order valence-corrected chi connectivity index (χ2v) is 3.96. The summed E-state index contributed by atoms with van der Waals surface area (Å²) in [5, 5.41) is 3.34. The van der Waals surface area contributed by atoms with E-state index in [-0.39, 0.29) is 12.0 Å². The van der Waals surface area contributed by atoms with Gasteiger partial charge in [0.1, 0.15) is 0 Å². The third-order valence-electron chi connectivity index (χ3n) is 2.62. The molecule has 0 spiro atoms. The van der Waals surface area contributed by atoms with Gasteiger partial charge in [-0.2, -0.15) is 0 Å². The molecule has 2 unspecified atom stereocenters. The molecule has 1 fully saturated rings. The number of carbonyl (C=O) groups is 1. The Labute approximate surface area is 85.6 Å². The number of rotatable bonds is 4. The molecule has 1 amide bonds. The lowest BCUT2D eigenvalue weighted by molar-refractivity contribution is -0.128. The molecule has 0 radical (unpaired) electrons. The van der Waals surface area contributed by atoms with E-state index < -0.39 is 0 Å². The summed E-state index contributed by atoms with van der Waals surface area (Å²) in [5.74, 6) is 0.170. The van der Waals surface area contributed by atoms with E-state index in [0.717, 1.165) is 19.6 Å². The number of nitrogens with one attached hydrogen (secondary N) is 1. The number of amides is 1. The summed E-state index contributed by atoms with van der Waals surface area (Å²) in [5.41, 5.74) is 0. The molecule has 1 rings (SSSR count). The van der Waals surface area contributed by atoms with Crippen LogP contribution in [0.25, 0.3) is 0 Å². The van der Waals surface area contributed by atoms with Gasteiger partial charge in [0.15, 0.2) is 0 Å². The SMILES string of the molecule is CC1OCCC1NCCC(=O)N(C)C. The van der Waals surface area contributed by atoms with Crippen LogP contribution in [-0.2, 0) is 9.53 Å². The van der Waals surface area contributed by atoms with Crippen LogP contribution in [0.2, 0.25) is 0 Å². The quantitative estimate of drug-likeness (QED) is 0.706. The summed E-state index contributed by atoms with van der Waals surface area (Å²) in [4.78, 5) is 12.9. The van der Waals surface area contributed by atoms with Crippen LogP contribution in [0.5, 0.6) is 0 Å². The van der Waals surface area contributed by atoms with Crippen molar-refractivity contribution < 1.29 is 9.53 Å². The predicted molar refractivity (Wildman–Crippen MR) is 55.1 cm³/mol. The highest BCUT2D eigenvalue weighted by Crippen LogP contribution is 2.12. The van der Waals surface area contributed by atoms with Crippen LogP contribution >= 0.6 is 0 Å². The molecule has 1 aliphatic rings. The van der Waals surface area contributed by atoms with Gasteiger partial charge in [-0.15, -0.1) is 0 Å². The largest absolute Gasteiger partial charge is 0.377 e. The molecule has 1 saturated heterocycles. The van der Waals surface area contributed by atoms with Crippen LogP contribution in [0.1, 0.15) is 19.8 Å². The van der Waals surface area contributed by atoms with Crippen LogP contribution in [0, 0.1) is 0 Å². The minimum atomic E-state index is 0.170. The normalized spacial score (nSPS) is 26.5. The minimum absolute atomic E-state index is 0.170. The van der Waals surface area contributed by atoms with Gasteiger partial charge in [-0.3, -0.25) is 4.79 Å². The maximum atomic E-state index is 11.3. The van der Waals surface area contributed by atoms with E-state index in [1.54, 1.807) is 19.0 Å². The molecule has 4 nitrogen and oxygen atoms in total. The van der Waals surface area contributed by atoms with Crippen molar-refractivity contribution in [2.75, 3.05) is 27.2 Å². The van der Waals surface area contributed by atoms with Gasteiger partial charge in [0.2, 0.25) is 5.91 Å². The fourth-order valence-electron chi connectivity index (χ4n) is 1.59. The number of hydrogen-bond donors (Lipinski definition) is 1. The summed E-state index contributed by atoms with van der Waals surface area (Å²) in [6.07, 6.45) is 1.90. The average Bonchev–Trinajstić information content (AvgIpc) is 2.51. The van der Waals surface area contributed by atoms with E-state index >= 15 is 0 Å². The lowest BCUT2D eigenvalue weighted by Gasteiger charge is -2.16. The second kappa shape index (κ2) is 5.32. The maximum Gasteiger partial charge on any atom is 0.223 e. The Morgan fingerprint density at radius 2 is 2.29 bits per heavy atom. The van der Waals surface area contributed by atoms with Crippen molar-refractivity contribution in [3.05, 3.63) is 0 Å². The number of carbonyl (C=O) groups excluding carboxylic acids is 1. The van der Waals surface area contributed by atoms with E-state index in [2.05, 4.69) is 12.2 Å². The highest BCUT2D eigenvalue weighted by Gasteiger charge is 2.23. The Bertz CT molecular complexity index is 195. The standard InChI is InChI=1S/C10H20N2O2/c1-8-9(5-7-14-8)11-6-4-10(13)12(2)3/h8-9,11H,4-7H2,1-3H3. The minimum Gasteiger partial charge on any atom is -0.377 e. The summed E-state index contributed by atoms with van der Waals surface area (Å²) in [7, 11) is 3.56. The fraction of sp³-hybridized carbons (Fsp3) is 0.900. The molecule has 82 valence electrons. The zero-order valence-electron chi connectivity index (χ0n) is 9.25. The first-order valence-electron chi connectivity index (χ1n) is 5.16. The molecule has 0 saturated carbocycles. The molecule has 0 aromatic rings. The zero-order valence-corrected chi connectivity index (χ0v) is 9.25. The van der Waals surface area contributed by atoms with Crippen LogP contribution in [0.4, 0.5) is 0 Å². The van der Waals surface area contributed by atoms with Gasteiger partial charge in [0, 0.05) is 39.7 Å². The van der Waals surface area contributed by atoms with E-state index in [4.69, 9.17) is 4.74 Å². The van der Waals surface area contributed by atoms with Crippen molar-refractivity contribution in [1.29, 1.82) is 0 Å². The Morgan fingerprint density at radius 3 is 2.79 bits per heavy atom. The molecule has 0 aromatic heterocycles. The lowest BCUT2D eigenvalue weighted by atomic mass is 10.1. The van der Waals surface area contributed by atoms with E-state index in [9.17, 15) is 4.79 Å². The highest BCUT2D eigenvalue weighted by molar-refractivity contribution is 5.75. The van der Waals surface area contributed by atoms with Gasteiger partial charge in [-0.1, -0.05) is 0 Å². The molecule has 0 bridgehead atoms. The summed E-state index contributed by atoms with van der Waals surface area (Å²) < 4.78 is 5.41. The molecule has 1 aliphatic heterocycles. The van der Waals surface area contributed by atoms with E-state index in [0.29, 0.717) is 12.5 Å². The third-order valence-corrected chi connectivity index (χ3v) is 2.62. The Morgan fingerprint density at radius 1 is 1.57 bits per heavy atom. The van der Waals surface area contributed by atoms with E-state index in [1.165, 1.54) is 0 Å². The fourth-order valence-corrected chi connectivity index (χ4v) is 1.59. The van der Waals surface area contributed by atoms with Gasteiger partial charge in [-0.05, 0) is 13.3 Å². The van der Waals surface area contributed by atoms with Crippen molar-refractivity contribution in [1.82, 2.24) is 10.2 Å². The molecular weight excluding hydrogens is 180 g/mol. The summed E-state index contributed by atoms with van der Waals surface area (Å²) in [6, 6.07) is 0.421. The van der Waals surface area contributed by atoms with Crippen molar-refractivity contribution in [2.24, 2.45) is 0 Å². The molecule has 0 aromatic carbocycles. The zero-order chi connectivity index (χ0) is 10.6. The van der Waals surface area contributed by atoms with Gasteiger partial charge in [0.05, 0.1) is 6.10 Å². The average molecular weight is 200 g/mol. The lowest BCUT2D eigenvalue weighted by Crippen LogP contribution is -2.37. The van der Waals surface area contributed by atoms with Crippen molar-refractivity contribution in [3.8, 4) is 0 Å². The number of hydrogen-bond acceptors (Lipinski definition) is 3. The van der Waals surface area contributed by atoms with Crippen LogP contribution in [0.3, 0.4) is 0 Å². The molecule has 4 heteroatoms. The summed E-state index contributed by atoms with van der Waals surface area (Å²) in [6.45, 7) is 3.65. The smallest absolute Gasteiger partial charge is 0.223 e. The van der Waals surface area contributed by atoms with Crippen molar-refractivity contribution >= 4 is 5.91 Å². The first-order valence-corrected chi connectivity index (χ1v) is 5.16. The second-order valence-electron chi connectivity index (χ2n) is 3.96. The van der Waals surface area contributed by atoms with Gasteiger partial charge in [0.25, 0.3) is 0 Å². The Hall–Kier alpha value is -0.610. The topological polar surface area (TPSA) is 41.6 Å². The number of nitrogens with zero attached hydrogens (tertiary/aromatic N) is 1. The van der Waals surface area contributed by atoms with Crippen LogP contribution in [-0.4, -0.2) is 50.2 Å². The molecule has 14 heavy (non-hydrogen) atoms. The first-order chi connectivity index (χ1) is 6.61. The van der Waals surface area contributed by atoms with Gasteiger partial charge in [-0.25, -0.2) is 0 Å². The highest BCUT2D eigenvalue weighted by atomic mass is 16.5. The van der Waals surface area contributed by atoms with Crippen molar-refractivity contribution in [3.63, 3.8) is 0 Å². The molecular formula is C10H20N2O2. The maximum absolute atomic E-state index is 11.3. The molecule has 1 heterocycles. The first kappa shape index (κ1) is 11.5. The van der Waals surface area contributed by atoms with Gasteiger partial charge < -0.3 is 15.0 Å². The molecule has 2 atom stereocenters. The number of ether oxygens (including phenoxy) is 1. The van der Waals surface area contributed by atoms with Crippen LogP contribution in [0.15, 0.2) is 0 Å². The molecule has 0 aliphatic carbocycles. The van der Waals surface area contributed by atoms with Crippen molar-refractivity contribution in [2.45, 2.75) is 31.9 Å². The summed E-state index contributed by atoms with van der Waals surface area (Å²) >= 11 is 0. The predicted octanol–water partition coefficient (Wildman–Crippen LogP) is 0.232. The van der Waals surface area contributed by atoms with E-state index in [1.807, 2.05) is 0 Å².